The molecule has 3 heteroatoms. The molecule has 2 aliphatic rings. The predicted octanol–water partition coefficient (Wildman–Crippen LogP) is 2.14. The van der Waals surface area contributed by atoms with Gasteiger partial charge in [0.2, 0.25) is 0 Å². The van der Waals surface area contributed by atoms with Gasteiger partial charge < -0.3 is 9.84 Å². The molecule has 0 bridgehead atoms. The molecule has 0 radical (unpaired) electrons. The highest BCUT2D eigenvalue weighted by atomic mass is 16.5. The second-order valence-corrected chi connectivity index (χ2v) is 5.34. The van der Waals surface area contributed by atoms with E-state index in [1.807, 2.05) is 12.1 Å². The summed E-state index contributed by atoms with van der Waals surface area (Å²) in [5.74, 6) is 0.836. The first-order valence-electron chi connectivity index (χ1n) is 6.85. The molecule has 1 aromatic carbocycles. The lowest BCUT2D eigenvalue weighted by atomic mass is 10.1. The van der Waals surface area contributed by atoms with Gasteiger partial charge in [-0.25, -0.2) is 0 Å². The Morgan fingerprint density at radius 1 is 1.39 bits per heavy atom. The number of aliphatic hydroxyl groups excluding tert-OH is 1. The third-order valence-electron chi connectivity index (χ3n) is 4.27. The summed E-state index contributed by atoms with van der Waals surface area (Å²) < 4.78 is 5.24. The van der Waals surface area contributed by atoms with Gasteiger partial charge in [-0.1, -0.05) is 13.0 Å². The van der Waals surface area contributed by atoms with E-state index in [1.54, 1.807) is 7.11 Å². The molecule has 2 aliphatic carbocycles. The quantitative estimate of drug-likeness (QED) is 0.884. The highest BCUT2D eigenvalue weighted by molar-refractivity contribution is 5.42. The van der Waals surface area contributed by atoms with Crippen LogP contribution in [0, 0.1) is 0 Å². The van der Waals surface area contributed by atoms with Crippen molar-refractivity contribution in [3.8, 4) is 5.75 Å². The summed E-state index contributed by atoms with van der Waals surface area (Å²) in [4.78, 5) is 2.47. The van der Waals surface area contributed by atoms with Crippen molar-refractivity contribution in [1.29, 1.82) is 0 Å². The summed E-state index contributed by atoms with van der Waals surface area (Å²) in [7, 11) is 1.67. The molecule has 3 rings (SSSR count). The maximum absolute atomic E-state index is 10.5. The molecule has 1 aromatic rings. The molecule has 3 nitrogen and oxygen atoms in total. The van der Waals surface area contributed by atoms with Crippen LogP contribution in [0.2, 0.25) is 0 Å². The summed E-state index contributed by atoms with van der Waals surface area (Å²) in [6, 6.07) is 7.02. The fourth-order valence-electron chi connectivity index (χ4n) is 3.17. The molecule has 0 amide bonds. The Kier molecular flexibility index (Phi) is 3.04. The fourth-order valence-corrected chi connectivity index (χ4v) is 3.17. The Balaban J connectivity index is 1.85. The number of benzene rings is 1. The van der Waals surface area contributed by atoms with Gasteiger partial charge in [-0.05, 0) is 49.1 Å². The van der Waals surface area contributed by atoms with Gasteiger partial charge in [-0.15, -0.1) is 0 Å². The third kappa shape index (κ3) is 1.91. The molecular formula is C15H21NO2. The number of ether oxygens (including phenoxy) is 1. The fraction of sp³-hybridized carbons (Fsp3) is 0.600. The minimum Gasteiger partial charge on any atom is -0.497 e. The maximum Gasteiger partial charge on any atom is 0.119 e. The molecule has 0 aliphatic heterocycles. The van der Waals surface area contributed by atoms with Crippen molar-refractivity contribution in [2.45, 2.75) is 44.4 Å². The van der Waals surface area contributed by atoms with Crippen LogP contribution in [0.1, 0.15) is 37.0 Å². The molecule has 1 saturated carbocycles. The lowest BCUT2D eigenvalue weighted by Crippen LogP contribution is -2.39. The van der Waals surface area contributed by atoms with Crippen molar-refractivity contribution in [2.24, 2.45) is 0 Å². The van der Waals surface area contributed by atoms with Crippen molar-refractivity contribution in [2.75, 3.05) is 13.7 Å². The Labute approximate surface area is 108 Å². The highest BCUT2D eigenvalue weighted by Gasteiger charge is 2.40. The number of hydrogen-bond acceptors (Lipinski definition) is 3. The molecule has 1 fully saturated rings. The van der Waals surface area contributed by atoms with Crippen LogP contribution >= 0.6 is 0 Å². The minimum absolute atomic E-state index is 0.254. The first-order valence-corrected chi connectivity index (χ1v) is 6.85. The number of fused-ring (bicyclic) bond motifs is 1. The molecule has 18 heavy (non-hydrogen) atoms. The minimum atomic E-state index is -0.365. The van der Waals surface area contributed by atoms with Crippen molar-refractivity contribution in [1.82, 2.24) is 4.90 Å². The highest BCUT2D eigenvalue weighted by Crippen LogP contribution is 2.40. The predicted molar refractivity (Wildman–Crippen MR) is 70.8 cm³/mol. The van der Waals surface area contributed by atoms with E-state index in [0.29, 0.717) is 6.04 Å². The van der Waals surface area contributed by atoms with Gasteiger partial charge >= 0.3 is 0 Å². The van der Waals surface area contributed by atoms with E-state index in [4.69, 9.17) is 4.74 Å². The van der Waals surface area contributed by atoms with E-state index in [2.05, 4.69) is 17.9 Å². The molecule has 0 heterocycles. The van der Waals surface area contributed by atoms with E-state index in [-0.39, 0.29) is 12.1 Å². The van der Waals surface area contributed by atoms with Crippen molar-refractivity contribution in [3.63, 3.8) is 0 Å². The van der Waals surface area contributed by atoms with Crippen LogP contribution in [0.3, 0.4) is 0 Å². The average molecular weight is 247 g/mol. The van der Waals surface area contributed by atoms with E-state index in [1.165, 1.54) is 18.4 Å². The van der Waals surface area contributed by atoms with Crippen LogP contribution in [0.5, 0.6) is 5.75 Å². The number of likely N-dealkylation sites (N-methyl/N-ethyl adjacent to an activating group) is 1. The van der Waals surface area contributed by atoms with Crippen molar-refractivity contribution >= 4 is 0 Å². The first-order chi connectivity index (χ1) is 8.74. The molecule has 2 unspecified atom stereocenters. The van der Waals surface area contributed by atoms with Crippen molar-refractivity contribution in [3.05, 3.63) is 29.3 Å². The number of aliphatic hydroxyl groups is 1. The van der Waals surface area contributed by atoms with Gasteiger partial charge in [0, 0.05) is 12.1 Å². The monoisotopic (exact) mass is 247 g/mol. The van der Waals surface area contributed by atoms with Gasteiger partial charge in [0.1, 0.15) is 5.75 Å². The second kappa shape index (κ2) is 4.56. The zero-order valence-electron chi connectivity index (χ0n) is 11.1. The van der Waals surface area contributed by atoms with E-state index in [9.17, 15) is 5.11 Å². The molecule has 0 saturated heterocycles. The van der Waals surface area contributed by atoms with Crippen LogP contribution in [0.15, 0.2) is 18.2 Å². The van der Waals surface area contributed by atoms with E-state index in [0.717, 1.165) is 24.3 Å². The molecular weight excluding hydrogens is 226 g/mol. The van der Waals surface area contributed by atoms with Gasteiger partial charge in [-0.3, -0.25) is 4.90 Å². The normalized spacial score (nSPS) is 26.4. The SMILES string of the molecule is CCN(C1CC1)C1Cc2ccc(OC)cc2C1O. The van der Waals surface area contributed by atoms with Crippen LogP contribution in [0.25, 0.3) is 0 Å². The Hall–Kier alpha value is -1.06. The summed E-state index contributed by atoms with van der Waals surface area (Å²) in [6.07, 6.45) is 3.17. The summed E-state index contributed by atoms with van der Waals surface area (Å²) in [5, 5.41) is 10.5. The van der Waals surface area contributed by atoms with Gasteiger partial charge in [0.25, 0.3) is 0 Å². The Morgan fingerprint density at radius 3 is 2.78 bits per heavy atom. The van der Waals surface area contributed by atoms with Crippen LogP contribution < -0.4 is 4.74 Å². The van der Waals surface area contributed by atoms with Gasteiger partial charge in [-0.2, -0.15) is 0 Å². The van der Waals surface area contributed by atoms with Gasteiger partial charge in [0.05, 0.1) is 13.2 Å². The summed E-state index contributed by atoms with van der Waals surface area (Å²) in [6.45, 7) is 3.21. The molecule has 0 aromatic heterocycles. The van der Waals surface area contributed by atoms with E-state index >= 15 is 0 Å². The molecule has 0 spiro atoms. The summed E-state index contributed by atoms with van der Waals surface area (Å²) >= 11 is 0. The Bertz CT molecular complexity index is 442. The third-order valence-corrected chi connectivity index (χ3v) is 4.27. The van der Waals surface area contributed by atoms with Crippen molar-refractivity contribution < 1.29 is 9.84 Å². The van der Waals surface area contributed by atoms with Gasteiger partial charge in [0.15, 0.2) is 0 Å². The van der Waals surface area contributed by atoms with E-state index < -0.39 is 0 Å². The first kappa shape index (κ1) is 12.0. The molecule has 2 atom stereocenters. The number of nitrogens with zero attached hydrogens (tertiary/aromatic N) is 1. The summed E-state index contributed by atoms with van der Waals surface area (Å²) in [5.41, 5.74) is 2.32. The zero-order valence-corrected chi connectivity index (χ0v) is 11.1. The largest absolute Gasteiger partial charge is 0.497 e. The number of methoxy groups -OCH3 is 1. The lowest BCUT2D eigenvalue weighted by molar-refractivity contribution is 0.0587. The maximum atomic E-state index is 10.5. The molecule has 1 N–H and O–H groups in total. The lowest BCUT2D eigenvalue weighted by Gasteiger charge is -2.30. The van der Waals surface area contributed by atoms with Crippen LogP contribution in [0.4, 0.5) is 0 Å². The molecule has 98 valence electrons. The number of hydrogen-bond donors (Lipinski definition) is 1. The topological polar surface area (TPSA) is 32.7 Å². The second-order valence-electron chi connectivity index (χ2n) is 5.34. The average Bonchev–Trinajstić information content (AvgIpc) is 3.17. The Morgan fingerprint density at radius 2 is 2.17 bits per heavy atom. The smallest absolute Gasteiger partial charge is 0.119 e. The number of rotatable bonds is 4. The van der Waals surface area contributed by atoms with Crippen LogP contribution in [-0.2, 0) is 6.42 Å². The zero-order chi connectivity index (χ0) is 12.7. The van der Waals surface area contributed by atoms with Crippen LogP contribution in [-0.4, -0.2) is 35.7 Å². The standard InChI is InChI=1S/C15H21NO2/c1-3-16(11-5-6-11)14-8-10-4-7-12(18-2)9-13(10)15(14)17/h4,7,9,11,14-15,17H,3,5-6,8H2,1-2H3.